The maximum Gasteiger partial charge on any atom is 0.119 e. The normalized spacial score (nSPS) is 10.6. The van der Waals surface area contributed by atoms with Crippen LogP contribution in [0.4, 0.5) is 0 Å². The predicted octanol–water partition coefficient (Wildman–Crippen LogP) is 5.58. The van der Waals surface area contributed by atoms with Gasteiger partial charge in [0.25, 0.3) is 0 Å². The summed E-state index contributed by atoms with van der Waals surface area (Å²) >= 11 is 0. The van der Waals surface area contributed by atoms with E-state index in [1.54, 1.807) is 0 Å². The molecule has 0 aliphatic rings. The van der Waals surface area contributed by atoms with Crippen LogP contribution in [0.3, 0.4) is 0 Å². The summed E-state index contributed by atoms with van der Waals surface area (Å²) in [5, 5.41) is 0. The van der Waals surface area contributed by atoms with E-state index in [-0.39, 0.29) is 0 Å². The number of hydrogen-bond acceptors (Lipinski definition) is 1. The van der Waals surface area contributed by atoms with Crippen LogP contribution >= 0.6 is 0 Å². The monoisotopic (exact) mass is 261 g/mol. The quantitative estimate of drug-likeness (QED) is 0.472. The molecule has 0 amide bonds. The lowest BCUT2D eigenvalue weighted by atomic mass is 10.1. The second-order valence-corrected chi connectivity index (χ2v) is 5.22. The highest BCUT2D eigenvalue weighted by Gasteiger charge is 1.95. The van der Waals surface area contributed by atoms with Gasteiger partial charge in [-0.25, -0.2) is 0 Å². The van der Waals surface area contributed by atoms with E-state index in [1.807, 2.05) is 12.1 Å². The van der Waals surface area contributed by atoms with Gasteiger partial charge in [0.1, 0.15) is 5.75 Å². The first-order chi connectivity index (χ1) is 9.36. The molecular weight excluding hydrogens is 232 g/mol. The average Bonchev–Trinajstić information content (AvgIpc) is 2.46. The summed E-state index contributed by atoms with van der Waals surface area (Å²) < 4.78 is 5.73. The van der Waals surface area contributed by atoms with Crippen molar-refractivity contribution in [3.05, 3.63) is 36.8 Å². The Morgan fingerprint density at radius 2 is 1.42 bits per heavy atom. The summed E-state index contributed by atoms with van der Waals surface area (Å²) in [6.07, 6.45) is 11.6. The Kier molecular flexibility index (Phi) is 9.22. The molecule has 1 rings (SSSR count). The number of unbranched alkanes of at least 4 members (excludes halogenated alkanes) is 7. The Bertz CT molecular complexity index is 302. The highest BCUT2D eigenvalue weighted by molar-refractivity contribution is 5.27. The SMILES string of the molecule is [CH2]Cc1ccc(OCCCCCCCCCC)cc1. The van der Waals surface area contributed by atoms with Crippen molar-refractivity contribution in [2.24, 2.45) is 0 Å². The van der Waals surface area contributed by atoms with E-state index < -0.39 is 0 Å². The molecule has 0 saturated carbocycles. The van der Waals surface area contributed by atoms with Crippen molar-refractivity contribution >= 4 is 0 Å². The molecule has 1 heteroatoms. The summed E-state index contributed by atoms with van der Waals surface area (Å²) in [6.45, 7) is 6.98. The van der Waals surface area contributed by atoms with Crippen LogP contribution in [0.5, 0.6) is 5.75 Å². The molecule has 0 bridgehead atoms. The highest BCUT2D eigenvalue weighted by atomic mass is 16.5. The lowest BCUT2D eigenvalue weighted by molar-refractivity contribution is 0.304. The van der Waals surface area contributed by atoms with Gasteiger partial charge in [0.05, 0.1) is 6.61 Å². The van der Waals surface area contributed by atoms with Gasteiger partial charge in [0.15, 0.2) is 0 Å². The second-order valence-electron chi connectivity index (χ2n) is 5.22. The molecule has 1 nitrogen and oxygen atoms in total. The molecule has 107 valence electrons. The Morgan fingerprint density at radius 3 is 2.00 bits per heavy atom. The Balaban J connectivity index is 1.95. The van der Waals surface area contributed by atoms with Crippen molar-refractivity contribution < 1.29 is 4.74 Å². The zero-order valence-electron chi connectivity index (χ0n) is 12.5. The molecule has 0 unspecified atom stereocenters. The third kappa shape index (κ3) is 7.92. The first kappa shape index (κ1) is 16.1. The van der Waals surface area contributed by atoms with Gasteiger partial charge in [-0.3, -0.25) is 0 Å². The molecule has 0 aliphatic heterocycles. The van der Waals surface area contributed by atoms with Gasteiger partial charge >= 0.3 is 0 Å². The Labute approximate surface area is 119 Å². The van der Waals surface area contributed by atoms with Crippen LogP contribution in [0.15, 0.2) is 24.3 Å². The minimum absolute atomic E-state index is 0.846. The molecule has 0 saturated heterocycles. The minimum Gasteiger partial charge on any atom is -0.494 e. The van der Waals surface area contributed by atoms with Crippen LogP contribution in [-0.4, -0.2) is 6.61 Å². The van der Waals surface area contributed by atoms with Gasteiger partial charge < -0.3 is 4.74 Å². The summed E-state index contributed by atoms with van der Waals surface area (Å²) in [6, 6.07) is 8.28. The molecule has 0 N–H and O–H groups in total. The van der Waals surface area contributed by atoms with Crippen molar-refractivity contribution in [3.8, 4) is 5.75 Å². The number of ether oxygens (including phenoxy) is 1. The lowest BCUT2D eigenvalue weighted by Crippen LogP contribution is -1.97. The van der Waals surface area contributed by atoms with Crippen LogP contribution in [0.1, 0.15) is 63.9 Å². The first-order valence-electron chi connectivity index (χ1n) is 7.87. The van der Waals surface area contributed by atoms with Crippen molar-refractivity contribution in [3.63, 3.8) is 0 Å². The fraction of sp³-hybridized carbons (Fsp3) is 0.611. The molecule has 0 spiro atoms. The standard InChI is InChI=1S/C18H29O/c1-3-5-6-7-8-9-10-11-16-19-18-14-12-17(4-2)13-15-18/h12-15H,2-11,16H2,1H3. The van der Waals surface area contributed by atoms with Gasteiger partial charge in [-0.05, 0) is 37.5 Å². The Hall–Kier alpha value is -0.980. The molecule has 0 aromatic heterocycles. The average molecular weight is 261 g/mol. The topological polar surface area (TPSA) is 9.23 Å². The second kappa shape index (κ2) is 10.9. The number of rotatable bonds is 11. The molecule has 0 aliphatic carbocycles. The third-order valence-electron chi connectivity index (χ3n) is 3.48. The number of benzene rings is 1. The van der Waals surface area contributed by atoms with Crippen LogP contribution in [0, 0.1) is 6.92 Å². The summed E-state index contributed by atoms with van der Waals surface area (Å²) in [4.78, 5) is 0. The smallest absolute Gasteiger partial charge is 0.119 e. The van der Waals surface area contributed by atoms with Crippen molar-refractivity contribution in [1.29, 1.82) is 0 Å². The maximum atomic E-state index is 5.73. The van der Waals surface area contributed by atoms with Crippen LogP contribution in [0.2, 0.25) is 0 Å². The maximum absolute atomic E-state index is 5.73. The van der Waals surface area contributed by atoms with Gasteiger partial charge in [-0.15, -0.1) is 0 Å². The largest absolute Gasteiger partial charge is 0.494 e. The lowest BCUT2D eigenvalue weighted by Gasteiger charge is -2.06. The minimum atomic E-state index is 0.846. The molecule has 0 fully saturated rings. The molecular formula is C18H29O. The van der Waals surface area contributed by atoms with E-state index in [2.05, 4.69) is 26.0 Å². The summed E-state index contributed by atoms with van der Waals surface area (Å²) in [7, 11) is 0. The number of hydrogen-bond donors (Lipinski definition) is 0. The van der Waals surface area contributed by atoms with E-state index >= 15 is 0 Å². The highest BCUT2D eigenvalue weighted by Crippen LogP contribution is 2.13. The van der Waals surface area contributed by atoms with E-state index in [9.17, 15) is 0 Å². The fourth-order valence-corrected chi connectivity index (χ4v) is 2.18. The molecule has 0 atom stereocenters. The van der Waals surface area contributed by atoms with Crippen LogP contribution < -0.4 is 4.74 Å². The molecule has 1 radical (unpaired) electrons. The molecule has 19 heavy (non-hydrogen) atoms. The summed E-state index contributed by atoms with van der Waals surface area (Å²) in [5.41, 5.74) is 1.26. The predicted molar refractivity (Wildman–Crippen MR) is 83.6 cm³/mol. The zero-order valence-corrected chi connectivity index (χ0v) is 12.5. The van der Waals surface area contributed by atoms with E-state index in [4.69, 9.17) is 4.74 Å². The van der Waals surface area contributed by atoms with Gasteiger partial charge in [-0.2, -0.15) is 0 Å². The molecule has 1 aromatic carbocycles. The molecule has 1 aromatic rings. The zero-order chi connectivity index (χ0) is 13.8. The van der Waals surface area contributed by atoms with Crippen molar-refractivity contribution in [2.45, 2.75) is 64.7 Å². The third-order valence-corrected chi connectivity index (χ3v) is 3.48. The van der Waals surface area contributed by atoms with Crippen molar-refractivity contribution in [1.82, 2.24) is 0 Å². The fourth-order valence-electron chi connectivity index (χ4n) is 2.18. The van der Waals surface area contributed by atoms with Crippen molar-refractivity contribution in [2.75, 3.05) is 6.61 Å². The molecule has 0 heterocycles. The van der Waals surface area contributed by atoms with Gasteiger partial charge in [0, 0.05) is 0 Å². The van der Waals surface area contributed by atoms with Gasteiger partial charge in [-0.1, -0.05) is 64.0 Å². The Morgan fingerprint density at radius 1 is 0.842 bits per heavy atom. The van der Waals surface area contributed by atoms with Gasteiger partial charge in [0.2, 0.25) is 0 Å². The van der Waals surface area contributed by atoms with Crippen LogP contribution in [-0.2, 0) is 6.42 Å². The van der Waals surface area contributed by atoms with E-state index in [0.29, 0.717) is 0 Å². The summed E-state index contributed by atoms with van der Waals surface area (Å²) in [5.74, 6) is 0.986. The van der Waals surface area contributed by atoms with E-state index in [1.165, 1.54) is 56.9 Å². The van der Waals surface area contributed by atoms with E-state index in [0.717, 1.165) is 18.8 Å². The van der Waals surface area contributed by atoms with Crippen LogP contribution in [0.25, 0.3) is 0 Å². The first-order valence-corrected chi connectivity index (χ1v) is 7.87.